The number of ether oxygens (including phenoxy) is 3. The van der Waals surface area contributed by atoms with Gasteiger partial charge in [0.1, 0.15) is 18.1 Å². The zero-order valence-corrected chi connectivity index (χ0v) is 20.3. The molecule has 1 N–H and O–H groups in total. The Kier molecular flexibility index (Phi) is 7.95. The fourth-order valence-electron chi connectivity index (χ4n) is 3.57. The lowest BCUT2D eigenvalue weighted by Gasteiger charge is -2.23. The van der Waals surface area contributed by atoms with Crippen LogP contribution in [0.2, 0.25) is 0 Å². The molecule has 6 heteroatoms. The van der Waals surface area contributed by atoms with Gasteiger partial charge >= 0.3 is 5.97 Å². The predicted molar refractivity (Wildman–Crippen MR) is 133 cm³/mol. The van der Waals surface area contributed by atoms with Crippen LogP contribution in [0.4, 0.5) is 5.69 Å². The van der Waals surface area contributed by atoms with Gasteiger partial charge in [0.15, 0.2) is 0 Å². The normalized spacial score (nSPS) is 11.0. The van der Waals surface area contributed by atoms with Crippen molar-refractivity contribution in [3.8, 4) is 11.5 Å². The smallest absolute Gasteiger partial charge is 0.339 e. The maximum atomic E-state index is 13.0. The Labute approximate surface area is 200 Å². The molecule has 0 bridgehead atoms. The van der Waals surface area contributed by atoms with Crippen molar-refractivity contribution in [2.75, 3.05) is 19.0 Å². The summed E-state index contributed by atoms with van der Waals surface area (Å²) in [6.07, 6.45) is 0. The molecular weight excluding hydrogens is 430 g/mol. The SMILES string of the molecule is CCOc1ccc(C(=O)Nc2ccccc2C(=O)OC)cc1COc1ccccc1C(C)(C)C. The number of carbonyl (C=O) groups excluding carboxylic acids is 2. The molecule has 3 rings (SSSR count). The van der Waals surface area contributed by atoms with Gasteiger partial charge < -0.3 is 19.5 Å². The van der Waals surface area contributed by atoms with Crippen molar-refractivity contribution in [2.45, 2.75) is 39.7 Å². The highest BCUT2D eigenvalue weighted by Crippen LogP contribution is 2.32. The van der Waals surface area contributed by atoms with Gasteiger partial charge in [0.05, 0.1) is 25.0 Å². The number of rotatable bonds is 8. The van der Waals surface area contributed by atoms with E-state index in [1.807, 2.05) is 25.1 Å². The van der Waals surface area contributed by atoms with Gasteiger partial charge in [-0.3, -0.25) is 4.79 Å². The molecule has 0 heterocycles. The van der Waals surface area contributed by atoms with E-state index in [0.29, 0.717) is 23.6 Å². The molecule has 34 heavy (non-hydrogen) atoms. The molecule has 3 aromatic carbocycles. The molecule has 1 amide bonds. The van der Waals surface area contributed by atoms with Crippen LogP contribution in [-0.4, -0.2) is 25.6 Å². The first-order valence-corrected chi connectivity index (χ1v) is 11.2. The Morgan fingerprint density at radius 1 is 0.882 bits per heavy atom. The first kappa shape index (κ1) is 24.8. The largest absolute Gasteiger partial charge is 0.493 e. The third-order valence-electron chi connectivity index (χ3n) is 5.28. The van der Waals surface area contributed by atoms with E-state index >= 15 is 0 Å². The fourth-order valence-corrected chi connectivity index (χ4v) is 3.57. The number of nitrogens with one attached hydrogen (secondary N) is 1. The van der Waals surface area contributed by atoms with Gasteiger partial charge in [0, 0.05) is 11.1 Å². The number of hydrogen-bond donors (Lipinski definition) is 1. The Morgan fingerprint density at radius 2 is 1.59 bits per heavy atom. The summed E-state index contributed by atoms with van der Waals surface area (Å²) < 4.78 is 16.8. The number of amides is 1. The summed E-state index contributed by atoms with van der Waals surface area (Å²) in [6.45, 7) is 9.05. The second-order valence-corrected chi connectivity index (χ2v) is 8.78. The van der Waals surface area contributed by atoms with E-state index in [4.69, 9.17) is 14.2 Å². The van der Waals surface area contributed by atoms with Crippen molar-refractivity contribution in [2.24, 2.45) is 0 Å². The van der Waals surface area contributed by atoms with Gasteiger partial charge in [-0.15, -0.1) is 0 Å². The third kappa shape index (κ3) is 5.95. The van der Waals surface area contributed by atoms with Crippen molar-refractivity contribution in [3.63, 3.8) is 0 Å². The fraction of sp³-hybridized carbons (Fsp3) is 0.286. The zero-order valence-electron chi connectivity index (χ0n) is 20.3. The first-order chi connectivity index (χ1) is 16.2. The number of anilines is 1. The minimum atomic E-state index is -0.519. The first-order valence-electron chi connectivity index (χ1n) is 11.2. The maximum absolute atomic E-state index is 13.0. The van der Waals surface area contributed by atoms with Crippen LogP contribution in [0.3, 0.4) is 0 Å². The highest BCUT2D eigenvalue weighted by atomic mass is 16.5. The second kappa shape index (κ2) is 10.9. The van der Waals surface area contributed by atoms with Gasteiger partial charge in [-0.1, -0.05) is 51.1 Å². The van der Waals surface area contributed by atoms with Crippen molar-refractivity contribution in [3.05, 3.63) is 89.0 Å². The lowest BCUT2D eigenvalue weighted by molar-refractivity contribution is 0.0602. The summed E-state index contributed by atoms with van der Waals surface area (Å²) in [5.74, 6) is 0.575. The number of carbonyl (C=O) groups is 2. The number of para-hydroxylation sites is 2. The van der Waals surface area contributed by atoms with Gasteiger partial charge in [0.25, 0.3) is 5.91 Å². The third-order valence-corrected chi connectivity index (χ3v) is 5.28. The number of hydrogen-bond acceptors (Lipinski definition) is 5. The molecule has 0 aliphatic heterocycles. The lowest BCUT2D eigenvalue weighted by atomic mass is 9.86. The Bertz CT molecular complexity index is 1160. The van der Waals surface area contributed by atoms with Gasteiger partial charge in [-0.05, 0) is 54.3 Å². The van der Waals surface area contributed by atoms with Crippen LogP contribution < -0.4 is 14.8 Å². The van der Waals surface area contributed by atoms with Crippen LogP contribution in [0.15, 0.2) is 66.7 Å². The average Bonchev–Trinajstić information content (AvgIpc) is 2.83. The molecule has 6 nitrogen and oxygen atoms in total. The highest BCUT2D eigenvalue weighted by Gasteiger charge is 2.20. The van der Waals surface area contributed by atoms with Crippen molar-refractivity contribution >= 4 is 17.6 Å². The molecule has 0 atom stereocenters. The Balaban J connectivity index is 1.86. The minimum absolute atomic E-state index is 0.0753. The Morgan fingerprint density at radius 3 is 2.29 bits per heavy atom. The maximum Gasteiger partial charge on any atom is 0.339 e. The summed E-state index contributed by atoms with van der Waals surface area (Å²) in [7, 11) is 1.30. The summed E-state index contributed by atoms with van der Waals surface area (Å²) in [5, 5.41) is 2.80. The van der Waals surface area contributed by atoms with Crippen LogP contribution in [0, 0.1) is 0 Å². The number of benzene rings is 3. The molecule has 3 aromatic rings. The molecule has 0 aliphatic carbocycles. The van der Waals surface area contributed by atoms with Crippen molar-refractivity contribution in [1.82, 2.24) is 0 Å². The molecular formula is C28H31NO5. The lowest BCUT2D eigenvalue weighted by Crippen LogP contribution is -2.16. The number of esters is 1. The molecule has 0 radical (unpaired) electrons. The van der Waals surface area contributed by atoms with Gasteiger partial charge in [0.2, 0.25) is 0 Å². The monoisotopic (exact) mass is 461 g/mol. The quantitative estimate of drug-likeness (QED) is 0.417. The highest BCUT2D eigenvalue weighted by molar-refractivity contribution is 6.08. The summed E-state index contributed by atoms with van der Waals surface area (Å²) in [6, 6.07) is 19.9. The molecule has 0 saturated carbocycles. The standard InChI is InChI=1S/C28H31NO5/c1-6-33-24-16-15-19(26(30)29-23-13-9-7-11-21(23)27(31)32-5)17-20(24)18-34-25-14-10-8-12-22(25)28(2,3)4/h7-17H,6,18H2,1-5H3,(H,29,30). The van der Waals surface area contributed by atoms with E-state index in [0.717, 1.165) is 16.9 Å². The van der Waals surface area contributed by atoms with E-state index in [2.05, 4.69) is 32.2 Å². The molecule has 0 aliphatic rings. The number of methoxy groups -OCH3 is 1. The van der Waals surface area contributed by atoms with Gasteiger partial charge in [-0.25, -0.2) is 4.79 Å². The summed E-state index contributed by atoms with van der Waals surface area (Å²) >= 11 is 0. The van der Waals surface area contributed by atoms with E-state index < -0.39 is 5.97 Å². The molecule has 178 valence electrons. The van der Waals surface area contributed by atoms with Crippen LogP contribution >= 0.6 is 0 Å². The average molecular weight is 462 g/mol. The zero-order chi connectivity index (χ0) is 24.7. The molecule has 0 fully saturated rings. The Hall–Kier alpha value is -3.80. The molecule has 0 unspecified atom stereocenters. The van der Waals surface area contributed by atoms with Crippen molar-refractivity contribution < 1.29 is 23.8 Å². The van der Waals surface area contributed by atoms with E-state index in [9.17, 15) is 9.59 Å². The van der Waals surface area contributed by atoms with Gasteiger partial charge in [-0.2, -0.15) is 0 Å². The molecule has 0 spiro atoms. The van der Waals surface area contributed by atoms with E-state index in [-0.39, 0.29) is 23.5 Å². The van der Waals surface area contributed by atoms with Crippen LogP contribution in [0.25, 0.3) is 0 Å². The minimum Gasteiger partial charge on any atom is -0.493 e. The van der Waals surface area contributed by atoms with Crippen LogP contribution in [0.5, 0.6) is 11.5 Å². The van der Waals surface area contributed by atoms with Crippen LogP contribution in [0.1, 0.15) is 59.5 Å². The molecule has 0 saturated heterocycles. The summed E-state index contributed by atoms with van der Waals surface area (Å²) in [5.41, 5.74) is 2.86. The predicted octanol–water partition coefficient (Wildman–Crippen LogP) is 6.00. The topological polar surface area (TPSA) is 73.9 Å². The second-order valence-electron chi connectivity index (χ2n) is 8.78. The van der Waals surface area contributed by atoms with E-state index in [1.54, 1.807) is 42.5 Å². The molecule has 0 aromatic heterocycles. The van der Waals surface area contributed by atoms with E-state index in [1.165, 1.54) is 7.11 Å². The van der Waals surface area contributed by atoms with Crippen LogP contribution in [-0.2, 0) is 16.8 Å². The summed E-state index contributed by atoms with van der Waals surface area (Å²) in [4.78, 5) is 25.0. The van der Waals surface area contributed by atoms with Crippen molar-refractivity contribution in [1.29, 1.82) is 0 Å².